The van der Waals surface area contributed by atoms with E-state index in [2.05, 4.69) is 10.3 Å². The molecule has 1 fully saturated rings. The molecule has 1 saturated heterocycles. The molecular formula is C31H32N4O3. The number of carbonyl (C=O) groups is 2. The highest BCUT2D eigenvalue weighted by Crippen LogP contribution is 2.30. The van der Waals surface area contributed by atoms with E-state index < -0.39 is 0 Å². The van der Waals surface area contributed by atoms with Crippen molar-refractivity contribution in [3.8, 4) is 5.75 Å². The molecule has 2 amide bonds. The topological polar surface area (TPSA) is 84.4 Å². The van der Waals surface area contributed by atoms with Gasteiger partial charge in [0.1, 0.15) is 11.4 Å². The summed E-state index contributed by atoms with van der Waals surface area (Å²) >= 11 is 0. The fraction of sp³-hybridized carbons (Fsp3) is 0.290. The average molecular weight is 509 g/mol. The standard InChI is InChI=1S/C31H32N4O3/c1-3-38-28-11-7-6-10-25(28)20-33-30(36)26-13-12-21(2)34-29(26)22-14-16-35(17-15-22)31(37)27-18-23-8-4-5-9-24(23)19-32-27/h4-13,18-19,22H,3,14-17,20H2,1-2H3,(H,33,36). The van der Waals surface area contributed by atoms with Crippen LogP contribution in [0.25, 0.3) is 10.8 Å². The fourth-order valence-electron chi connectivity index (χ4n) is 5.02. The summed E-state index contributed by atoms with van der Waals surface area (Å²) in [4.78, 5) is 37.5. The second-order valence-electron chi connectivity index (χ2n) is 9.59. The highest BCUT2D eigenvalue weighted by molar-refractivity contribution is 5.97. The average Bonchev–Trinajstić information content (AvgIpc) is 2.96. The predicted octanol–water partition coefficient (Wildman–Crippen LogP) is 5.29. The summed E-state index contributed by atoms with van der Waals surface area (Å²) in [6.45, 7) is 6.00. The van der Waals surface area contributed by atoms with Crippen molar-refractivity contribution in [3.63, 3.8) is 0 Å². The van der Waals surface area contributed by atoms with Crippen molar-refractivity contribution >= 4 is 22.6 Å². The van der Waals surface area contributed by atoms with Crippen LogP contribution in [0.15, 0.2) is 72.9 Å². The zero-order chi connectivity index (χ0) is 26.5. The molecule has 0 bridgehead atoms. The molecule has 0 aliphatic carbocycles. The Kier molecular flexibility index (Phi) is 7.63. The molecule has 1 aliphatic rings. The van der Waals surface area contributed by atoms with E-state index in [0.717, 1.165) is 46.3 Å². The Bertz CT molecular complexity index is 1460. The number of hydrogen-bond donors (Lipinski definition) is 1. The molecule has 3 heterocycles. The molecule has 7 nitrogen and oxygen atoms in total. The minimum atomic E-state index is -0.155. The third-order valence-corrected chi connectivity index (χ3v) is 7.04. The summed E-state index contributed by atoms with van der Waals surface area (Å²) in [6, 6.07) is 21.2. The number of nitrogens with one attached hydrogen (secondary N) is 1. The summed E-state index contributed by atoms with van der Waals surface area (Å²) in [5.74, 6) is 0.658. The first-order valence-electron chi connectivity index (χ1n) is 13.1. The smallest absolute Gasteiger partial charge is 0.272 e. The number of hydrogen-bond acceptors (Lipinski definition) is 5. The van der Waals surface area contributed by atoms with Crippen LogP contribution in [0.2, 0.25) is 0 Å². The number of aryl methyl sites for hydroxylation is 1. The zero-order valence-corrected chi connectivity index (χ0v) is 21.8. The van der Waals surface area contributed by atoms with E-state index >= 15 is 0 Å². The summed E-state index contributed by atoms with van der Waals surface area (Å²) in [7, 11) is 0. The van der Waals surface area contributed by atoms with Gasteiger partial charge in [-0.2, -0.15) is 0 Å². The monoisotopic (exact) mass is 508 g/mol. The van der Waals surface area contributed by atoms with Gasteiger partial charge in [-0.05, 0) is 56.3 Å². The molecule has 194 valence electrons. The van der Waals surface area contributed by atoms with E-state index in [4.69, 9.17) is 9.72 Å². The number of pyridine rings is 2. The molecule has 0 radical (unpaired) electrons. The molecular weight excluding hydrogens is 476 g/mol. The summed E-state index contributed by atoms with van der Waals surface area (Å²) in [6.07, 6.45) is 3.23. The molecule has 38 heavy (non-hydrogen) atoms. The lowest BCUT2D eigenvalue weighted by atomic mass is 9.89. The Morgan fingerprint density at radius 1 is 1.00 bits per heavy atom. The number of amides is 2. The lowest BCUT2D eigenvalue weighted by Crippen LogP contribution is -2.39. The largest absolute Gasteiger partial charge is 0.494 e. The number of fused-ring (bicyclic) bond motifs is 1. The van der Waals surface area contributed by atoms with Gasteiger partial charge in [0.15, 0.2) is 0 Å². The number of piperidine rings is 1. The molecule has 5 rings (SSSR count). The maximum absolute atomic E-state index is 13.3. The van der Waals surface area contributed by atoms with Gasteiger partial charge in [0.2, 0.25) is 0 Å². The number of benzene rings is 2. The maximum atomic E-state index is 13.3. The SMILES string of the molecule is CCOc1ccccc1CNC(=O)c1ccc(C)nc1C1CCN(C(=O)c2cc3ccccc3cn2)CC1. The Labute approximate surface area is 222 Å². The number of rotatable bonds is 7. The molecule has 0 saturated carbocycles. The van der Waals surface area contributed by atoms with Crippen molar-refractivity contribution in [2.45, 2.75) is 39.2 Å². The van der Waals surface area contributed by atoms with Crippen LogP contribution in [0.4, 0.5) is 0 Å². The summed E-state index contributed by atoms with van der Waals surface area (Å²) in [5.41, 5.74) is 3.65. The van der Waals surface area contributed by atoms with Gasteiger partial charge in [-0.1, -0.05) is 42.5 Å². The normalized spacial score (nSPS) is 13.9. The summed E-state index contributed by atoms with van der Waals surface area (Å²) in [5, 5.41) is 5.06. The lowest BCUT2D eigenvalue weighted by Gasteiger charge is -2.32. The van der Waals surface area contributed by atoms with Gasteiger partial charge in [0, 0.05) is 48.4 Å². The van der Waals surface area contributed by atoms with Crippen LogP contribution < -0.4 is 10.1 Å². The third-order valence-electron chi connectivity index (χ3n) is 7.04. The second kappa shape index (κ2) is 11.4. The van der Waals surface area contributed by atoms with Crippen molar-refractivity contribution in [2.75, 3.05) is 19.7 Å². The van der Waals surface area contributed by atoms with Crippen molar-refractivity contribution in [3.05, 3.63) is 101 Å². The van der Waals surface area contributed by atoms with Gasteiger partial charge in [0.05, 0.1) is 17.9 Å². The van der Waals surface area contributed by atoms with E-state index in [1.54, 1.807) is 6.20 Å². The van der Waals surface area contributed by atoms with Crippen LogP contribution in [-0.2, 0) is 6.54 Å². The fourth-order valence-corrected chi connectivity index (χ4v) is 5.02. The Morgan fingerprint density at radius 2 is 1.74 bits per heavy atom. The number of para-hydroxylation sites is 1. The molecule has 1 N–H and O–H groups in total. The molecule has 1 aliphatic heterocycles. The molecule has 0 atom stereocenters. The number of carbonyl (C=O) groups excluding carboxylic acids is 2. The van der Waals surface area contributed by atoms with Crippen molar-refractivity contribution < 1.29 is 14.3 Å². The van der Waals surface area contributed by atoms with Crippen LogP contribution in [-0.4, -0.2) is 46.4 Å². The molecule has 4 aromatic rings. The van der Waals surface area contributed by atoms with Gasteiger partial charge in [-0.15, -0.1) is 0 Å². The van der Waals surface area contributed by atoms with E-state index in [-0.39, 0.29) is 17.7 Å². The van der Waals surface area contributed by atoms with Crippen molar-refractivity contribution in [1.29, 1.82) is 0 Å². The number of ether oxygens (including phenoxy) is 1. The predicted molar refractivity (Wildman–Crippen MR) is 147 cm³/mol. The van der Waals surface area contributed by atoms with Gasteiger partial charge >= 0.3 is 0 Å². The maximum Gasteiger partial charge on any atom is 0.272 e. The molecule has 2 aromatic carbocycles. The Morgan fingerprint density at radius 3 is 2.53 bits per heavy atom. The second-order valence-corrected chi connectivity index (χ2v) is 9.59. The van der Waals surface area contributed by atoms with Crippen molar-refractivity contribution in [2.24, 2.45) is 0 Å². The minimum absolute atomic E-state index is 0.0580. The van der Waals surface area contributed by atoms with Crippen LogP contribution in [0, 0.1) is 6.92 Å². The van der Waals surface area contributed by atoms with Gasteiger partial charge in [-0.25, -0.2) is 0 Å². The lowest BCUT2D eigenvalue weighted by molar-refractivity contribution is 0.0704. The number of nitrogens with zero attached hydrogens (tertiary/aromatic N) is 3. The van der Waals surface area contributed by atoms with Crippen LogP contribution in [0.1, 0.15) is 63.5 Å². The van der Waals surface area contributed by atoms with Gasteiger partial charge in [0.25, 0.3) is 11.8 Å². The van der Waals surface area contributed by atoms with E-state index in [9.17, 15) is 9.59 Å². The third kappa shape index (κ3) is 5.52. The first-order chi connectivity index (χ1) is 18.5. The van der Waals surface area contributed by atoms with Crippen LogP contribution >= 0.6 is 0 Å². The first kappa shape index (κ1) is 25.4. The highest BCUT2D eigenvalue weighted by atomic mass is 16.5. The first-order valence-corrected chi connectivity index (χ1v) is 13.1. The highest BCUT2D eigenvalue weighted by Gasteiger charge is 2.29. The molecule has 7 heteroatoms. The van der Waals surface area contributed by atoms with Crippen molar-refractivity contribution in [1.82, 2.24) is 20.2 Å². The minimum Gasteiger partial charge on any atom is -0.494 e. The quantitative estimate of drug-likeness (QED) is 0.367. The Hall–Kier alpha value is -4.26. The number of aromatic nitrogens is 2. The molecule has 0 spiro atoms. The van der Waals surface area contributed by atoms with E-state index in [0.29, 0.717) is 37.5 Å². The number of likely N-dealkylation sites (tertiary alicyclic amines) is 1. The van der Waals surface area contributed by atoms with E-state index in [1.165, 1.54) is 0 Å². The molecule has 0 unspecified atom stereocenters. The van der Waals surface area contributed by atoms with Gasteiger partial charge in [-0.3, -0.25) is 19.6 Å². The van der Waals surface area contributed by atoms with Crippen LogP contribution in [0.3, 0.4) is 0 Å². The Balaban J connectivity index is 1.27. The summed E-state index contributed by atoms with van der Waals surface area (Å²) < 4.78 is 5.69. The van der Waals surface area contributed by atoms with Crippen LogP contribution in [0.5, 0.6) is 5.75 Å². The van der Waals surface area contributed by atoms with E-state index in [1.807, 2.05) is 85.5 Å². The zero-order valence-electron chi connectivity index (χ0n) is 21.8. The van der Waals surface area contributed by atoms with Gasteiger partial charge < -0.3 is 15.0 Å². The molecule has 2 aromatic heterocycles.